The second-order valence-electron chi connectivity index (χ2n) is 4.92. The molecule has 19 heavy (non-hydrogen) atoms. The summed E-state index contributed by atoms with van der Waals surface area (Å²) in [7, 11) is -3.43. The fourth-order valence-corrected chi connectivity index (χ4v) is 3.97. The fraction of sp³-hybridized carbons (Fsp3) is 0.462. The van der Waals surface area contributed by atoms with Gasteiger partial charge >= 0.3 is 0 Å². The van der Waals surface area contributed by atoms with E-state index in [1.165, 1.54) is 4.31 Å². The molecule has 0 amide bonds. The van der Waals surface area contributed by atoms with Gasteiger partial charge in [-0.25, -0.2) is 8.42 Å². The van der Waals surface area contributed by atoms with E-state index in [4.69, 9.17) is 18.0 Å². The highest BCUT2D eigenvalue weighted by molar-refractivity contribution is 7.89. The Morgan fingerprint density at radius 2 is 2.00 bits per heavy atom. The first-order chi connectivity index (χ1) is 8.91. The first-order valence-electron chi connectivity index (χ1n) is 6.27. The predicted octanol–water partition coefficient (Wildman–Crippen LogP) is 1.68. The molecule has 1 saturated heterocycles. The first kappa shape index (κ1) is 14.4. The molecule has 1 fully saturated rings. The first-order valence-corrected chi connectivity index (χ1v) is 8.12. The number of thiocarbonyl (C=S) groups is 1. The van der Waals surface area contributed by atoms with Gasteiger partial charge in [0.2, 0.25) is 10.0 Å². The molecule has 2 N–H and O–H groups in total. The summed E-state index contributed by atoms with van der Waals surface area (Å²) in [6.45, 7) is 2.86. The van der Waals surface area contributed by atoms with Crippen LogP contribution >= 0.6 is 12.2 Å². The molecule has 0 saturated carbocycles. The van der Waals surface area contributed by atoms with Gasteiger partial charge in [0.25, 0.3) is 0 Å². The molecule has 6 heteroatoms. The molecule has 4 nitrogen and oxygen atoms in total. The molecule has 2 rings (SSSR count). The summed E-state index contributed by atoms with van der Waals surface area (Å²) in [4.78, 5) is 0.741. The van der Waals surface area contributed by atoms with Gasteiger partial charge in [0.15, 0.2) is 0 Å². The van der Waals surface area contributed by atoms with Crippen LogP contribution in [0.25, 0.3) is 0 Å². The summed E-state index contributed by atoms with van der Waals surface area (Å²) >= 11 is 4.98. The molecule has 1 aliphatic heterocycles. The summed E-state index contributed by atoms with van der Waals surface area (Å²) in [5, 5.41) is 0. The maximum atomic E-state index is 12.5. The number of benzene rings is 1. The van der Waals surface area contributed by atoms with E-state index < -0.39 is 10.0 Å². The lowest BCUT2D eigenvalue weighted by molar-refractivity contribution is 0.312. The summed E-state index contributed by atoms with van der Waals surface area (Å²) in [5.41, 5.74) is 6.68. The van der Waals surface area contributed by atoms with Crippen LogP contribution in [0, 0.1) is 12.8 Å². The van der Waals surface area contributed by atoms with Gasteiger partial charge in [0, 0.05) is 19.0 Å². The summed E-state index contributed by atoms with van der Waals surface area (Å²) in [6, 6.07) is 6.91. The Bertz CT molecular complexity index is 567. The van der Waals surface area contributed by atoms with Crippen molar-refractivity contribution < 1.29 is 8.42 Å². The molecule has 0 aromatic heterocycles. The zero-order valence-electron chi connectivity index (χ0n) is 10.9. The summed E-state index contributed by atoms with van der Waals surface area (Å²) in [5.74, 6) is -0.0102. The van der Waals surface area contributed by atoms with Crippen LogP contribution in [0.3, 0.4) is 0 Å². The van der Waals surface area contributed by atoms with Crippen molar-refractivity contribution in [3.05, 3.63) is 29.8 Å². The van der Waals surface area contributed by atoms with E-state index in [0.717, 1.165) is 18.4 Å². The van der Waals surface area contributed by atoms with E-state index in [-0.39, 0.29) is 5.92 Å². The van der Waals surface area contributed by atoms with E-state index >= 15 is 0 Å². The van der Waals surface area contributed by atoms with Crippen molar-refractivity contribution in [1.82, 2.24) is 4.31 Å². The zero-order chi connectivity index (χ0) is 14.0. The molecule has 1 aromatic rings. The molecule has 1 atom stereocenters. The van der Waals surface area contributed by atoms with Gasteiger partial charge in [-0.15, -0.1) is 0 Å². The molecule has 104 valence electrons. The SMILES string of the molecule is Cc1ccc(S(=O)(=O)N2CCCC(C(N)=S)C2)cc1. The highest BCUT2D eigenvalue weighted by Gasteiger charge is 2.31. The Morgan fingerprint density at radius 1 is 1.37 bits per heavy atom. The minimum Gasteiger partial charge on any atom is -0.393 e. The van der Waals surface area contributed by atoms with E-state index in [1.54, 1.807) is 12.1 Å². The zero-order valence-corrected chi connectivity index (χ0v) is 12.5. The Labute approximate surface area is 119 Å². The van der Waals surface area contributed by atoms with Crippen LogP contribution in [0.2, 0.25) is 0 Å². The molecule has 0 radical (unpaired) electrons. The number of nitrogens with zero attached hydrogens (tertiary/aromatic N) is 1. The Balaban J connectivity index is 2.24. The number of nitrogens with two attached hydrogens (primary N) is 1. The van der Waals surface area contributed by atoms with Crippen molar-refractivity contribution in [2.75, 3.05) is 13.1 Å². The van der Waals surface area contributed by atoms with Crippen molar-refractivity contribution in [2.24, 2.45) is 11.7 Å². The van der Waals surface area contributed by atoms with Crippen molar-refractivity contribution in [3.63, 3.8) is 0 Å². The maximum Gasteiger partial charge on any atom is 0.243 e. The normalized spacial score (nSPS) is 21.2. The summed E-state index contributed by atoms with van der Waals surface area (Å²) < 4.78 is 26.5. The molecular formula is C13H18N2O2S2. The largest absolute Gasteiger partial charge is 0.393 e. The average Bonchev–Trinajstić information content (AvgIpc) is 2.39. The smallest absolute Gasteiger partial charge is 0.243 e. The highest BCUT2D eigenvalue weighted by Crippen LogP contribution is 2.24. The van der Waals surface area contributed by atoms with Crippen LogP contribution in [-0.2, 0) is 10.0 Å². The third-order valence-electron chi connectivity index (χ3n) is 3.45. The van der Waals surface area contributed by atoms with Crippen molar-refractivity contribution in [1.29, 1.82) is 0 Å². The van der Waals surface area contributed by atoms with Crippen LogP contribution in [0.1, 0.15) is 18.4 Å². The van der Waals surface area contributed by atoms with Gasteiger partial charge in [-0.3, -0.25) is 0 Å². The van der Waals surface area contributed by atoms with E-state index in [1.807, 2.05) is 19.1 Å². The van der Waals surface area contributed by atoms with E-state index in [0.29, 0.717) is 23.0 Å². The third-order valence-corrected chi connectivity index (χ3v) is 5.66. The second kappa shape index (κ2) is 5.56. The van der Waals surface area contributed by atoms with Gasteiger partial charge in [-0.2, -0.15) is 4.31 Å². The predicted molar refractivity (Wildman–Crippen MR) is 79.4 cm³/mol. The van der Waals surface area contributed by atoms with Gasteiger partial charge in [0.05, 0.1) is 9.88 Å². The molecule has 0 bridgehead atoms. The molecule has 0 spiro atoms. The number of hydrogen-bond acceptors (Lipinski definition) is 3. The standard InChI is InChI=1S/C13H18N2O2S2/c1-10-4-6-12(7-5-10)19(16,17)15-8-2-3-11(9-15)13(14)18/h4-7,11H,2-3,8-9H2,1H3,(H2,14,18). The van der Waals surface area contributed by atoms with Crippen LogP contribution < -0.4 is 5.73 Å². The van der Waals surface area contributed by atoms with Crippen LogP contribution in [-0.4, -0.2) is 30.8 Å². The van der Waals surface area contributed by atoms with E-state index in [2.05, 4.69) is 0 Å². The second-order valence-corrected chi connectivity index (χ2v) is 7.33. The van der Waals surface area contributed by atoms with Gasteiger partial charge in [-0.1, -0.05) is 29.9 Å². The van der Waals surface area contributed by atoms with E-state index in [9.17, 15) is 8.42 Å². The Morgan fingerprint density at radius 3 is 2.58 bits per heavy atom. The average molecular weight is 298 g/mol. The number of piperidine rings is 1. The topological polar surface area (TPSA) is 63.4 Å². The lowest BCUT2D eigenvalue weighted by Crippen LogP contribution is -2.43. The number of hydrogen-bond donors (Lipinski definition) is 1. The summed E-state index contributed by atoms with van der Waals surface area (Å²) in [6.07, 6.45) is 1.67. The molecule has 1 aliphatic rings. The minimum absolute atomic E-state index is 0.0102. The molecule has 0 aliphatic carbocycles. The lowest BCUT2D eigenvalue weighted by atomic mass is 10.0. The molecule has 1 heterocycles. The monoisotopic (exact) mass is 298 g/mol. The quantitative estimate of drug-likeness (QED) is 0.862. The maximum absolute atomic E-state index is 12.5. The number of sulfonamides is 1. The Hall–Kier alpha value is -0.980. The van der Waals surface area contributed by atoms with Crippen molar-refractivity contribution in [2.45, 2.75) is 24.7 Å². The Kier molecular flexibility index (Phi) is 4.23. The van der Waals surface area contributed by atoms with Crippen LogP contribution in [0.4, 0.5) is 0 Å². The lowest BCUT2D eigenvalue weighted by Gasteiger charge is -2.31. The fourth-order valence-electron chi connectivity index (χ4n) is 2.25. The van der Waals surface area contributed by atoms with Crippen molar-refractivity contribution in [3.8, 4) is 0 Å². The van der Waals surface area contributed by atoms with Gasteiger partial charge in [-0.05, 0) is 31.9 Å². The van der Waals surface area contributed by atoms with Gasteiger partial charge in [0.1, 0.15) is 0 Å². The number of rotatable bonds is 3. The van der Waals surface area contributed by atoms with Crippen LogP contribution in [0.5, 0.6) is 0 Å². The molecular weight excluding hydrogens is 280 g/mol. The molecule has 1 aromatic carbocycles. The third kappa shape index (κ3) is 3.13. The van der Waals surface area contributed by atoms with Crippen LogP contribution in [0.15, 0.2) is 29.2 Å². The minimum atomic E-state index is -3.43. The number of aryl methyl sites for hydroxylation is 1. The molecule has 1 unspecified atom stereocenters. The highest BCUT2D eigenvalue weighted by atomic mass is 32.2. The van der Waals surface area contributed by atoms with Crippen molar-refractivity contribution >= 4 is 27.2 Å². The van der Waals surface area contributed by atoms with Gasteiger partial charge < -0.3 is 5.73 Å².